The fourth-order valence-electron chi connectivity index (χ4n) is 0.747. The van der Waals surface area contributed by atoms with Gasteiger partial charge in [-0.05, 0) is 11.8 Å². The predicted octanol–water partition coefficient (Wildman–Crippen LogP) is 0.947. The van der Waals surface area contributed by atoms with E-state index in [2.05, 4.69) is 0 Å². The molecule has 0 aliphatic rings. The molecule has 3 N–H and O–H groups in total. The summed E-state index contributed by atoms with van der Waals surface area (Å²) in [7, 11) is 0. The highest BCUT2D eigenvalue weighted by molar-refractivity contribution is 7.59. The number of nitrogens with two attached hydrogens (primary N) is 1. The Labute approximate surface area is 74.4 Å². The van der Waals surface area contributed by atoms with Gasteiger partial charge in [0.25, 0.3) is 0 Å². The molecule has 0 unspecified atom stereocenters. The Kier molecular flexibility index (Phi) is 5.61. The summed E-state index contributed by atoms with van der Waals surface area (Å²) < 4.78 is 0. The molecule has 1 atom stereocenters. The predicted molar refractivity (Wildman–Crippen MR) is 50.1 cm³/mol. The zero-order valence-electron chi connectivity index (χ0n) is 7.22. The normalized spacial score (nSPS) is 13.5. The molecule has 0 radical (unpaired) electrons. The van der Waals surface area contributed by atoms with Crippen molar-refractivity contribution >= 4 is 19.5 Å². The van der Waals surface area contributed by atoms with Crippen molar-refractivity contribution in [2.75, 3.05) is 0 Å². The fraction of sp³-hybridized carbons (Fsp3) is 0.857. The summed E-state index contributed by atoms with van der Waals surface area (Å²) in [5.41, 5.74) is 5.30. The van der Waals surface area contributed by atoms with Crippen molar-refractivity contribution in [2.24, 2.45) is 11.1 Å². The second-order valence-corrected chi connectivity index (χ2v) is 3.71. The van der Waals surface area contributed by atoms with Crippen LogP contribution in [0, 0.1) is 5.41 Å². The molecule has 4 heteroatoms. The molecule has 0 aliphatic heterocycles. The van der Waals surface area contributed by atoms with Gasteiger partial charge in [0.15, 0.2) is 0 Å². The second-order valence-electron chi connectivity index (χ2n) is 3.71. The summed E-state index contributed by atoms with van der Waals surface area (Å²) in [4.78, 5) is 10.3. The van der Waals surface area contributed by atoms with E-state index in [1.165, 1.54) is 0 Å². The maximum Gasteiger partial charge on any atom is 0.320 e. The lowest BCUT2D eigenvalue weighted by atomic mass is 9.88. The van der Waals surface area contributed by atoms with E-state index in [1.54, 1.807) is 0 Å². The van der Waals surface area contributed by atoms with E-state index >= 15 is 0 Å². The zero-order valence-corrected chi connectivity index (χ0v) is 8.22. The van der Waals surface area contributed by atoms with Crippen molar-refractivity contribution in [1.82, 2.24) is 0 Å². The van der Waals surface area contributed by atoms with Crippen LogP contribution in [-0.4, -0.2) is 17.1 Å². The molecule has 0 fully saturated rings. The lowest BCUT2D eigenvalue weighted by molar-refractivity contribution is -0.139. The maximum absolute atomic E-state index is 10.3. The van der Waals surface area contributed by atoms with Crippen molar-refractivity contribution in [3.05, 3.63) is 0 Å². The number of carboxylic acids is 1. The highest BCUT2D eigenvalue weighted by atomic mass is 32.1. The minimum atomic E-state index is -0.921. The van der Waals surface area contributed by atoms with Crippen LogP contribution in [0.3, 0.4) is 0 Å². The smallest absolute Gasteiger partial charge is 0.320 e. The van der Waals surface area contributed by atoms with Gasteiger partial charge in [0.2, 0.25) is 0 Å². The van der Waals surface area contributed by atoms with Gasteiger partial charge in [-0.25, -0.2) is 0 Å². The highest BCUT2D eigenvalue weighted by Crippen LogP contribution is 2.19. The largest absolute Gasteiger partial charge is 0.480 e. The topological polar surface area (TPSA) is 63.3 Å². The first kappa shape index (κ1) is 13.4. The van der Waals surface area contributed by atoms with Gasteiger partial charge in [0.1, 0.15) is 6.04 Å². The van der Waals surface area contributed by atoms with Crippen molar-refractivity contribution in [2.45, 2.75) is 33.2 Å². The van der Waals surface area contributed by atoms with E-state index in [0.717, 1.165) is 0 Å². The average Bonchev–Trinajstić information content (AvgIpc) is 1.60. The molecular weight excluding hydrogens is 162 g/mol. The third-order valence-corrected chi connectivity index (χ3v) is 1.15. The molecule has 11 heavy (non-hydrogen) atoms. The average molecular weight is 179 g/mol. The Morgan fingerprint density at radius 2 is 1.91 bits per heavy atom. The van der Waals surface area contributed by atoms with Crippen LogP contribution in [0.15, 0.2) is 0 Å². The number of aliphatic carboxylic acids is 1. The van der Waals surface area contributed by atoms with Crippen LogP contribution in [0.4, 0.5) is 0 Å². The maximum atomic E-state index is 10.3. The Morgan fingerprint density at radius 3 is 2.00 bits per heavy atom. The van der Waals surface area contributed by atoms with Crippen LogP contribution in [0.5, 0.6) is 0 Å². The monoisotopic (exact) mass is 179 g/mol. The zero-order chi connectivity index (χ0) is 8.36. The van der Waals surface area contributed by atoms with E-state index in [1.807, 2.05) is 20.8 Å². The molecule has 0 amide bonds. The lowest BCUT2D eigenvalue weighted by Gasteiger charge is -2.20. The third kappa shape index (κ3) is 7.68. The molecule has 0 aromatic carbocycles. The van der Waals surface area contributed by atoms with Crippen molar-refractivity contribution in [1.29, 1.82) is 0 Å². The first-order chi connectivity index (χ1) is 4.33. The summed E-state index contributed by atoms with van der Waals surface area (Å²) in [6.45, 7) is 5.90. The standard InChI is InChI=1S/C7H15NO2.H2S/c1-7(2,3)4-5(8)6(9)10;/h5H,4,8H2,1-3H3,(H,9,10);1H2/t5-;/m0./s1. The quantitative estimate of drug-likeness (QED) is 0.663. The molecule has 0 bridgehead atoms. The summed E-state index contributed by atoms with van der Waals surface area (Å²) in [5, 5.41) is 8.42. The van der Waals surface area contributed by atoms with Gasteiger partial charge in [0.05, 0.1) is 0 Å². The Morgan fingerprint density at radius 1 is 1.55 bits per heavy atom. The van der Waals surface area contributed by atoms with E-state index in [0.29, 0.717) is 6.42 Å². The van der Waals surface area contributed by atoms with Gasteiger partial charge >= 0.3 is 5.97 Å². The number of carboxylic acid groups (broad SMARTS) is 1. The third-order valence-electron chi connectivity index (χ3n) is 1.15. The SMILES string of the molecule is CC(C)(C)C[C@H](N)C(=O)O.S. The van der Waals surface area contributed by atoms with E-state index in [4.69, 9.17) is 10.8 Å². The van der Waals surface area contributed by atoms with Gasteiger partial charge in [-0.15, -0.1) is 0 Å². The van der Waals surface area contributed by atoms with E-state index < -0.39 is 12.0 Å². The summed E-state index contributed by atoms with van der Waals surface area (Å²) in [6.07, 6.45) is 0.516. The highest BCUT2D eigenvalue weighted by Gasteiger charge is 2.20. The van der Waals surface area contributed by atoms with Crippen molar-refractivity contribution in [3.8, 4) is 0 Å². The van der Waals surface area contributed by atoms with Gasteiger partial charge in [0, 0.05) is 0 Å². The van der Waals surface area contributed by atoms with Gasteiger partial charge in [-0.3, -0.25) is 4.79 Å². The van der Waals surface area contributed by atoms with E-state index in [9.17, 15) is 4.79 Å². The van der Waals surface area contributed by atoms with Crippen LogP contribution in [0.1, 0.15) is 27.2 Å². The molecule has 0 heterocycles. The lowest BCUT2D eigenvalue weighted by Crippen LogP contribution is -2.34. The molecule has 3 nitrogen and oxygen atoms in total. The fourth-order valence-corrected chi connectivity index (χ4v) is 0.747. The minimum Gasteiger partial charge on any atom is -0.480 e. The van der Waals surface area contributed by atoms with Crippen LogP contribution in [0.25, 0.3) is 0 Å². The van der Waals surface area contributed by atoms with Crippen LogP contribution < -0.4 is 5.73 Å². The Hall–Kier alpha value is -0.220. The second kappa shape index (κ2) is 4.62. The summed E-state index contributed by atoms with van der Waals surface area (Å²) >= 11 is 0. The molecule has 0 rings (SSSR count). The number of hydrogen-bond acceptors (Lipinski definition) is 2. The first-order valence-corrected chi connectivity index (χ1v) is 3.31. The first-order valence-electron chi connectivity index (χ1n) is 3.31. The molecule has 0 saturated heterocycles. The molecule has 68 valence electrons. The van der Waals surface area contributed by atoms with Crippen molar-refractivity contribution < 1.29 is 9.90 Å². The molecule has 0 saturated carbocycles. The van der Waals surface area contributed by atoms with Gasteiger partial charge < -0.3 is 10.8 Å². The van der Waals surface area contributed by atoms with Crippen LogP contribution >= 0.6 is 13.5 Å². The number of rotatable bonds is 2. The Balaban J connectivity index is 0. The Bertz CT molecular complexity index is 131. The summed E-state index contributed by atoms with van der Waals surface area (Å²) in [5.74, 6) is -0.921. The molecule has 0 aliphatic carbocycles. The molecular formula is C7H17NO2S. The van der Waals surface area contributed by atoms with Crippen LogP contribution in [0.2, 0.25) is 0 Å². The molecule has 0 aromatic rings. The van der Waals surface area contributed by atoms with Crippen molar-refractivity contribution in [3.63, 3.8) is 0 Å². The number of hydrogen-bond donors (Lipinski definition) is 2. The van der Waals surface area contributed by atoms with E-state index in [-0.39, 0.29) is 18.9 Å². The molecule has 0 spiro atoms. The van der Waals surface area contributed by atoms with Crippen LogP contribution in [-0.2, 0) is 4.79 Å². The van der Waals surface area contributed by atoms with Gasteiger partial charge in [-0.1, -0.05) is 20.8 Å². The molecule has 0 aromatic heterocycles. The summed E-state index contributed by atoms with van der Waals surface area (Å²) in [6, 6.07) is -0.722. The van der Waals surface area contributed by atoms with Gasteiger partial charge in [-0.2, -0.15) is 13.5 Å². The minimum absolute atomic E-state index is 0. The number of carbonyl (C=O) groups is 1.